The van der Waals surface area contributed by atoms with Crippen LogP contribution in [0.3, 0.4) is 0 Å². The zero-order valence-electron chi connectivity index (χ0n) is 21.2. The van der Waals surface area contributed by atoms with E-state index in [1.54, 1.807) is 0 Å². The summed E-state index contributed by atoms with van der Waals surface area (Å²) in [5.41, 5.74) is 15.1. The summed E-state index contributed by atoms with van der Waals surface area (Å²) in [4.78, 5) is 0. The molecule has 2 heteroatoms. The second kappa shape index (κ2) is 9.93. The predicted molar refractivity (Wildman–Crippen MR) is 143 cm³/mol. The second-order valence-electron chi connectivity index (χ2n) is 11.4. The summed E-state index contributed by atoms with van der Waals surface area (Å²) in [6, 6.07) is 19.1. The Kier molecular flexibility index (Phi) is 7.68. The number of hydrogen-bond acceptors (Lipinski definition) is 2. The van der Waals surface area contributed by atoms with E-state index >= 15 is 0 Å². The van der Waals surface area contributed by atoms with Crippen LogP contribution in [0.2, 0.25) is 0 Å². The van der Waals surface area contributed by atoms with E-state index < -0.39 is 0 Å². The largest absolute Gasteiger partial charge is 0.328 e. The number of hydrogen-bond donors (Lipinski definition) is 2. The van der Waals surface area contributed by atoms with Gasteiger partial charge in [-0.2, -0.15) is 0 Å². The average molecular weight is 433 g/mol. The molecule has 0 heterocycles. The predicted octanol–water partition coefficient (Wildman–Crippen LogP) is 7.58. The van der Waals surface area contributed by atoms with Gasteiger partial charge in [0, 0.05) is 12.1 Å². The third-order valence-electron chi connectivity index (χ3n) is 7.29. The second-order valence-corrected chi connectivity index (χ2v) is 11.4. The molecule has 2 atom stereocenters. The zero-order chi connectivity index (χ0) is 23.5. The van der Waals surface area contributed by atoms with Crippen molar-refractivity contribution in [3.05, 3.63) is 59.7 Å². The maximum atomic E-state index is 6.01. The number of rotatable bonds is 10. The van der Waals surface area contributed by atoms with E-state index in [0.717, 1.165) is 38.5 Å². The van der Waals surface area contributed by atoms with Crippen LogP contribution in [0.5, 0.6) is 0 Å². The zero-order valence-corrected chi connectivity index (χ0v) is 21.2. The molecule has 0 radical (unpaired) electrons. The van der Waals surface area contributed by atoms with Crippen LogP contribution in [-0.2, 0) is 10.8 Å². The van der Waals surface area contributed by atoms with Gasteiger partial charge in [0.05, 0.1) is 0 Å². The Labute approximate surface area is 195 Å². The summed E-state index contributed by atoms with van der Waals surface area (Å²) in [7, 11) is 0. The Balaban J connectivity index is 2.03. The summed E-state index contributed by atoms with van der Waals surface area (Å²) in [6.07, 6.45) is 6.79. The van der Waals surface area contributed by atoms with Crippen LogP contribution in [0.1, 0.15) is 91.2 Å². The van der Waals surface area contributed by atoms with Crippen molar-refractivity contribution in [1.29, 1.82) is 0 Å². The van der Waals surface area contributed by atoms with Gasteiger partial charge < -0.3 is 11.5 Å². The van der Waals surface area contributed by atoms with Crippen LogP contribution in [0, 0.1) is 0 Å². The molecule has 0 aliphatic heterocycles. The lowest BCUT2D eigenvalue weighted by atomic mass is 9.75. The van der Waals surface area contributed by atoms with Crippen molar-refractivity contribution >= 4 is 21.5 Å². The molecule has 0 fully saturated rings. The topological polar surface area (TPSA) is 52.0 Å². The molecular weight excluding hydrogens is 388 g/mol. The van der Waals surface area contributed by atoms with Crippen LogP contribution in [0.25, 0.3) is 21.5 Å². The van der Waals surface area contributed by atoms with Crippen LogP contribution in [0.4, 0.5) is 0 Å². The van der Waals surface area contributed by atoms with Gasteiger partial charge in [-0.15, -0.1) is 0 Å². The van der Waals surface area contributed by atoms with Gasteiger partial charge >= 0.3 is 0 Å². The van der Waals surface area contributed by atoms with Crippen LogP contribution >= 0.6 is 0 Å². The number of fused-ring (bicyclic) bond motifs is 3. The Bertz CT molecular complexity index is 1040. The van der Waals surface area contributed by atoms with E-state index in [9.17, 15) is 0 Å². The van der Waals surface area contributed by atoms with Crippen molar-refractivity contribution in [2.45, 2.75) is 103 Å². The molecule has 0 aliphatic rings. The van der Waals surface area contributed by atoms with Gasteiger partial charge in [-0.1, -0.05) is 76.9 Å². The van der Waals surface area contributed by atoms with Gasteiger partial charge in [-0.05, 0) is 95.2 Å². The third kappa shape index (κ3) is 5.71. The van der Waals surface area contributed by atoms with Crippen LogP contribution < -0.4 is 11.5 Å². The van der Waals surface area contributed by atoms with Crippen molar-refractivity contribution in [3.8, 4) is 0 Å². The molecule has 3 aromatic carbocycles. The van der Waals surface area contributed by atoms with Crippen molar-refractivity contribution in [2.75, 3.05) is 0 Å². The number of benzene rings is 3. The first-order chi connectivity index (χ1) is 15.0. The Morgan fingerprint density at radius 3 is 1.84 bits per heavy atom. The lowest BCUT2D eigenvalue weighted by Crippen LogP contribution is -2.21. The maximum Gasteiger partial charge on any atom is 0.00104 e. The molecule has 0 amide bonds. The Morgan fingerprint density at radius 1 is 0.688 bits per heavy atom. The lowest BCUT2D eigenvalue weighted by molar-refractivity contribution is 0.440. The van der Waals surface area contributed by atoms with Crippen LogP contribution in [0.15, 0.2) is 48.5 Å². The highest BCUT2D eigenvalue weighted by Gasteiger charge is 2.25. The van der Waals surface area contributed by atoms with Gasteiger partial charge in [0.25, 0.3) is 0 Å². The maximum absolute atomic E-state index is 6.01. The summed E-state index contributed by atoms with van der Waals surface area (Å²) < 4.78 is 0. The smallest absolute Gasteiger partial charge is 0.00104 e. The molecule has 3 rings (SSSR count). The molecule has 174 valence electrons. The molecule has 2 unspecified atom stereocenters. The fourth-order valence-corrected chi connectivity index (χ4v) is 5.09. The molecule has 3 aromatic rings. The normalized spacial score (nSPS) is 14.8. The van der Waals surface area contributed by atoms with E-state index in [-0.39, 0.29) is 22.9 Å². The van der Waals surface area contributed by atoms with Gasteiger partial charge in [0.1, 0.15) is 0 Å². The molecule has 32 heavy (non-hydrogen) atoms. The van der Waals surface area contributed by atoms with Gasteiger partial charge in [0.2, 0.25) is 0 Å². The van der Waals surface area contributed by atoms with Gasteiger partial charge in [-0.25, -0.2) is 0 Å². The van der Waals surface area contributed by atoms with E-state index in [2.05, 4.69) is 90.1 Å². The molecular formula is C30H44N2. The van der Waals surface area contributed by atoms with E-state index in [0.29, 0.717) is 0 Å². The minimum absolute atomic E-state index is 0.111. The quantitative estimate of drug-likeness (QED) is 0.324. The Morgan fingerprint density at radius 2 is 1.25 bits per heavy atom. The molecule has 0 bridgehead atoms. The monoisotopic (exact) mass is 432 g/mol. The van der Waals surface area contributed by atoms with Crippen molar-refractivity contribution < 1.29 is 0 Å². The average Bonchev–Trinajstić information content (AvgIpc) is 2.72. The van der Waals surface area contributed by atoms with Crippen LogP contribution in [-0.4, -0.2) is 12.1 Å². The minimum atomic E-state index is 0.111. The van der Waals surface area contributed by atoms with Gasteiger partial charge in [0.15, 0.2) is 0 Å². The molecule has 0 saturated heterocycles. The first kappa shape index (κ1) is 24.7. The molecule has 0 spiro atoms. The molecule has 4 N–H and O–H groups in total. The summed E-state index contributed by atoms with van der Waals surface area (Å²) in [5.74, 6) is 0. The first-order valence-corrected chi connectivity index (χ1v) is 12.5. The van der Waals surface area contributed by atoms with Crippen molar-refractivity contribution in [2.24, 2.45) is 11.5 Å². The molecule has 0 aromatic heterocycles. The van der Waals surface area contributed by atoms with Crippen molar-refractivity contribution in [3.63, 3.8) is 0 Å². The summed E-state index contributed by atoms with van der Waals surface area (Å²) in [6.45, 7) is 13.7. The highest BCUT2D eigenvalue weighted by Crippen LogP contribution is 2.40. The highest BCUT2D eigenvalue weighted by molar-refractivity contribution is 6.09. The third-order valence-corrected chi connectivity index (χ3v) is 7.29. The fraction of sp³-hybridized carbons (Fsp3) is 0.533. The first-order valence-electron chi connectivity index (χ1n) is 12.5. The van der Waals surface area contributed by atoms with E-state index in [4.69, 9.17) is 11.5 Å². The number of nitrogens with two attached hydrogens (primary N) is 2. The van der Waals surface area contributed by atoms with E-state index in [1.165, 1.54) is 32.7 Å². The standard InChI is InChI=1S/C30H44N2/c1-21(31)11-9-17-29(3,4)24-16-15-23-19-28(30(5,6)18-10-12-22(2)32)26-14-8-7-13-25(26)27(23)20-24/h7-8,13-16,19-22H,9-12,17-18,31-32H2,1-6H3. The summed E-state index contributed by atoms with van der Waals surface area (Å²) >= 11 is 0. The van der Waals surface area contributed by atoms with Gasteiger partial charge in [-0.3, -0.25) is 0 Å². The van der Waals surface area contributed by atoms with E-state index in [1.807, 2.05) is 0 Å². The SMILES string of the molecule is CC(N)CCCC(C)(C)c1ccc2cc(C(C)(C)CCCC(C)N)c3ccccc3c2c1. The summed E-state index contributed by atoms with van der Waals surface area (Å²) in [5, 5.41) is 5.47. The Hall–Kier alpha value is -1.90. The highest BCUT2D eigenvalue weighted by atomic mass is 14.6. The lowest BCUT2D eigenvalue weighted by Gasteiger charge is -2.29. The molecule has 0 aliphatic carbocycles. The minimum Gasteiger partial charge on any atom is -0.328 e. The van der Waals surface area contributed by atoms with Crippen molar-refractivity contribution in [1.82, 2.24) is 0 Å². The molecule has 2 nitrogen and oxygen atoms in total. The molecule has 0 saturated carbocycles. The fourth-order valence-electron chi connectivity index (χ4n) is 5.09.